The summed E-state index contributed by atoms with van der Waals surface area (Å²) in [5.41, 5.74) is -1.23. The first kappa shape index (κ1) is 20.5. The smallest absolute Gasteiger partial charge is 0.340 e. The molecule has 0 saturated heterocycles. The lowest BCUT2D eigenvalue weighted by atomic mass is 9.83. The maximum atomic E-state index is 13.2. The van der Waals surface area contributed by atoms with Gasteiger partial charge in [-0.3, -0.25) is 4.79 Å². The predicted molar refractivity (Wildman–Crippen MR) is 90.3 cm³/mol. The van der Waals surface area contributed by atoms with Crippen molar-refractivity contribution in [2.45, 2.75) is 44.9 Å². The molecule has 1 aliphatic rings. The molecule has 0 aliphatic carbocycles. The predicted octanol–water partition coefficient (Wildman–Crippen LogP) is 2.00. The molecule has 0 fully saturated rings. The summed E-state index contributed by atoms with van der Waals surface area (Å²) >= 11 is 0. The van der Waals surface area contributed by atoms with E-state index in [0.717, 1.165) is 6.92 Å². The minimum Gasteiger partial charge on any atom is -0.464 e. The third-order valence-corrected chi connectivity index (χ3v) is 3.95. The molecule has 0 N–H and O–H groups in total. The van der Waals surface area contributed by atoms with Crippen molar-refractivity contribution in [2.24, 2.45) is 10.2 Å². The number of carbonyl (C=O) groups is 3. The molecule has 8 nitrogen and oxygen atoms in total. The largest absolute Gasteiger partial charge is 0.464 e. The van der Waals surface area contributed by atoms with E-state index in [2.05, 4.69) is 10.2 Å². The van der Waals surface area contributed by atoms with Gasteiger partial charge in [0.15, 0.2) is 6.10 Å². The van der Waals surface area contributed by atoms with Crippen LogP contribution in [0, 0.1) is 5.82 Å². The number of nitrogens with zero attached hydrogens (tertiary/aromatic N) is 2. The molecule has 1 aromatic carbocycles. The maximum Gasteiger partial charge on any atom is 0.340 e. The molecular weight excluding hydrogens is 359 g/mol. The first-order valence-electron chi connectivity index (χ1n) is 8.51. The molecule has 1 aliphatic heterocycles. The number of esters is 3. The first-order chi connectivity index (χ1) is 12.8. The highest BCUT2D eigenvalue weighted by molar-refractivity contribution is 5.87. The Labute approximate surface area is 155 Å². The zero-order valence-corrected chi connectivity index (χ0v) is 15.3. The summed E-state index contributed by atoms with van der Waals surface area (Å²) in [5.74, 6) is -2.72. The summed E-state index contributed by atoms with van der Waals surface area (Å²) < 4.78 is 28.5. The Hall–Kier alpha value is -2.84. The Morgan fingerprint density at radius 1 is 1.11 bits per heavy atom. The third-order valence-electron chi connectivity index (χ3n) is 3.95. The van der Waals surface area contributed by atoms with Crippen molar-refractivity contribution >= 4 is 17.9 Å². The Morgan fingerprint density at radius 2 is 1.74 bits per heavy atom. The molecule has 1 aromatic rings. The lowest BCUT2D eigenvalue weighted by Crippen LogP contribution is -2.55. The minimum absolute atomic E-state index is 0.0520. The number of rotatable bonds is 7. The SMILES string of the molecule is CCOC(=O)C1N=NC(Cc2ccc(F)cc2)(C(=O)OCC)C1OC(C)=O. The van der Waals surface area contributed by atoms with Gasteiger partial charge >= 0.3 is 17.9 Å². The van der Waals surface area contributed by atoms with E-state index in [-0.39, 0.29) is 19.6 Å². The Bertz CT molecular complexity index is 736. The number of hydrogen-bond donors (Lipinski definition) is 0. The number of benzene rings is 1. The summed E-state index contributed by atoms with van der Waals surface area (Å²) in [5, 5.41) is 7.86. The molecule has 146 valence electrons. The van der Waals surface area contributed by atoms with Crippen LogP contribution in [0.4, 0.5) is 4.39 Å². The summed E-state index contributed by atoms with van der Waals surface area (Å²) in [6.07, 6.45) is -1.43. The average molecular weight is 380 g/mol. The topological polar surface area (TPSA) is 104 Å². The van der Waals surface area contributed by atoms with E-state index in [9.17, 15) is 18.8 Å². The number of hydrogen-bond acceptors (Lipinski definition) is 8. The van der Waals surface area contributed by atoms with E-state index in [1.165, 1.54) is 24.3 Å². The standard InChI is InChI=1S/C18H21FN2O6/c1-4-25-16(23)14-15(27-11(3)22)18(21-20-14,17(24)26-5-2)10-12-6-8-13(19)9-7-12/h6-9,14-15H,4-5,10H2,1-3H3. The van der Waals surface area contributed by atoms with Gasteiger partial charge in [-0.25, -0.2) is 14.0 Å². The summed E-state index contributed by atoms with van der Waals surface area (Å²) in [4.78, 5) is 36.6. The van der Waals surface area contributed by atoms with E-state index < -0.39 is 41.4 Å². The quantitative estimate of drug-likeness (QED) is 0.529. The zero-order valence-electron chi connectivity index (χ0n) is 15.3. The van der Waals surface area contributed by atoms with Crippen LogP contribution in [0.15, 0.2) is 34.5 Å². The lowest BCUT2D eigenvalue weighted by molar-refractivity contribution is -0.165. The van der Waals surface area contributed by atoms with Crippen LogP contribution >= 0.6 is 0 Å². The molecule has 2 rings (SSSR count). The van der Waals surface area contributed by atoms with Crippen molar-refractivity contribution in [3.8, 4) is 0 Å². The Morgan fingerprint density at radius 3 is 2.30 bits per heavy atom. The van der Waals surface area contributed by atoms with Gasteiger partial charge in [0, 0.05) is 13.3 Å². The number of ether oxygens (including phenoxy) is 3. The number of carbonyl (C=O) groups excluding carboxylic acids is 3. The van der Waals surface area contributed by atoms with Gasteiger partial charge in [0.25, 0.3) is 0 Å². The van der Waals surface area contributed by atoms with Crippen LogP contribution < -0.4 is 0 Å². The van der Waals surface area contributed by atoms with E-state index in [4.69, 9.17) is 14.2 Å². The lowest BCUT2D eigenvalue weighted by Gasteiger charge is -2.30. The highest BCUT2D eigenvalue weighted by Crippen LogP contribution is 2.36. The second-order valence-electron chi connectivity index (χ2n) is 5.89. The van der Waals surface area contributed by atoms with Crippen molar-refractivity contribution in [2.75, 3.05) is 13.2 Å². The van der Waals surface area contributed by atoms with Crippen LogP contribution in [0.5, 0.6) is 0 Å². The highest BCUT2D eigenvalue weighted by Gasteiger charge is 2.59. The Balaban J connectivity index is 2.46. The van der Waals surface area contributed by atoms with Crippen LogP contribution in [-0.2, 0) is 35.0 Å². The molecule has 0 bridgehead atoms. The fourth-order valence-corrected chi connectivity index (χ4v) is 2.82. The molecule has 0 radical (unpaired) electrons. The third kappa shape index (κ3) is 4.47. The Kier molecular flexibility index (Phi) is 6.59. The van der Waals surface area contributed by atoms with Crippen molar-refractivity contribution in [3.63, 3.8) is 0 Å². The molecule has 3 unspecified atom stereocenters. The van der Waals surface area contributed by atoms with Gasteiger partial charge in [-0.15, -0.1) is 0 Å². The van der Waals surface area contributed by atoms with Crippen molar-refractivity contribution < 1.29 is 33.0 Å². The normalized spacial score (nSPS) is 23.7. The molecule has 0 saturated carbocycles. The summed E-state index contributed by atoms with van der Waals surface area (Å²) in [6.45, 7) is 4.51. The fourth-order valence-electron chi connectivity index (χ4n) is 2.82. The number of halogens is 1. The van der Waals surface area contributed by atoms with Crippen LogP contribution in [-0.4, -0.2) is 48.8 Å². The van der Waals surface area contributed by atoms with Crippen LogP contribution in [0.3, 0.4) is 0 Å². The summed E-state index contributed by atoms with van der Waals surface area (Å²) in [7, 11) is 0. The molecule has 9 heteroatoms. The van der Waals surface area contributed by atoms with E-state index in [1.807, 2.05) is 0 Å². The second kappa shape index (κ2) is 8.70. The highest BCUT2D eigenvalue weighted by atomic mass is 19.1. The zero-order chi connectivity index (χ0) is 20.0. The van der Waals surface area contributed by atoms with Gasteiger partial charge in [-0.1, -0.05) is 12.1 Å². The van der Waals surface area contributed by atoms with Gasteiger partial charge in [0.05, 0.1) is 13.2 Å². The monoisotopic (exact) mass is 380 g/mol. The molecule has 0 amide bonds. The van der Waals surface area contributed by atoms with Gasteiger partial charge in [0.2, 0.25) is 11.6 Å². The molecule has 27 heavy (non-hydrogen) atoms. The van der Waals surface area contributed by atoms with Crippen molar-refractivity contribution in [3.05, 3.63) is 35.6 Å². The molecule has 3 atom stereocenters. The van der Waals surface area contributed by atoms with Gasteiger partial charge < -0.3 is 14.2 Å². The number of azo groups is 1. The molecule has 1 heterocycles. The van der Waals surface area contributed by atoms with Crippen LogP contribution in [0.25, 0.3) is 0 Å². The average Bonchev–Trinajstić information content (AvgIpc) is 2.96. The maximum absolute atomic E-state index is 13.2. The summed E-state index contributed by atoms with van der Waals surface area (Å²) in [6, 6.07) is 4.09. The van der Waals surface area contributed by atoms with Gasteiger partial charge in [-0.2, -0.15) is 10.2 Å². The van der Waals surface area contributed by atoms with Crippen LogP contribution in [0.1, 0.15) is 26.3 Å². The van der Waals surface area contributed by atoms with E-state index >= 15 is 0 Å². The first-order valence-corrected chi connectivity index (χ1v) is 8.51. The molecule has 0 aromatic heterocycles. The minimum atomic E-state index is -1.77. The fraction of sp³-hybridized carbons (Fsp3) is 0.500. The van der Waals surface area contributed by atoms with E-state index in [0.29, 0.717) is 5.56 Å². The van der Waals surface area contributed by atoms with E-state index in [1.54, 1.807) is 13.8 Å². The molecule has 0 spiro atoms. The van der Waals surface area contributed by atoms with Crippen molar-refractivity contribution in [1.29, 1.82) is 0 Å². The van der Waals surface area contributed by atoms with Crippen LogP contribution in [0.2, 0.25) is 0 Å². The van der Waals surface area contributed by atoms with Crippen molar-refractivity contribution in [1.82, 2.24) is 0 Å². The molecular formula is C18H21FN2O6. The second-order valence-corrected chi connectivity index (χ2v) is 5.89. The van der Waals surface area contributed by atoms with Gasteiger partial charge in [0.1, 0.15) is 5.82 Å². The van der Waals surface area contributed by atoms with Gasteiger partial charge in [-0.05, 0) is 31.5 Å².